The van der Waals surface area contributed by atoms with Crippen LogP contribution in [-0.4, -0.2) is 23.9 Å². The van der Waals surface area contributed by atoms with Crippen LogP contribution in [0.2, 0.25) is 0 Å². The van der Waals surface area contributed by atoms with Crippen LogP contribution in [0.15, 0.2) is 5.10 Å². The van der Waals surface area contributed by atoms with E-state index in [-0.39, 0.29) is 0 Å². The number of hydrogen-bond donors (Lipinski definition) is 2. The molecule has 0 spiro atoms. The van der Waals surface area contributed by atoms with Crippen molar-refractivity contribution in [1.29, 1.82) is 0 Å². The van der Waals surface area contributed by atoms with Gasteiger partial charge in [-0.1, -0.05) is 13.8 Å². The Kier molecular flexibility index (Phi) is 3.71. The maximum absolute atomic E-state index is 5.51. The molecule has 0 fully saturated rings. The highest BCUT2D eigenvalue weighted by Crippen LogP contribution is 2.06. The van der Waals surface area contributed by atoms with Gasteiger partial charge in [-0.15, -0.1) is 5.10 Å². The predicted octanol–water partition coefficient (Wildman–Crippen LogP) is 0.151. The lowest BCUT2D eigenvalue weighted by Crippen LogP contribution is -2.43. The minimum atomic E-state index is 0.363. The van der Waals surface area contributed by atoms with Crippen LogP contribution in [0, 0.1) is 5.92 Å². The van der Waals surface area contributed by atoms with E-state index in [1.165, 1.54) is 0 Å². The molecule has 0 aromatic rings. The summed E-state index contributed by atoms with van der Waals surface area (Å²) in [5, 5.41) is 3.41. The second-order valence-electron chi connectivity index (χ2n) is 3.08. The lowest BCUT2D eigenvalue weighted by atomic mass is 10.1. The van der Waals surface area contributed by atoms with Gasteiger partial charge in [-0.25, -0.2) is 0 Å². The molecule has 0 bridgehead atoms. The van der Waals surface area contributed by atoms with Gasteiger partial charge in [0.25, 0.3) is 0 Å². The molecule has 0 aliphatic rings. The van der Waals surface area contributed by atoms with Gasteiger partial charge in [0.2, 0.25) is 5.96 Å². The molecule has 4 N–H and O–H groups in total. The molecule has 0 amide bonds. The molecule has 1 unspecified atom stereocenters. The summed E-state index contributed by atoms with van der Waals surface area (Å²) in [6.45, 7) is 6.35. The van der Waals surface area contributed by atoms with Crippen molar-refractivity contribution < 1.29 is 0 Å². The van der Waals surface area contributed by atoms with Gasteiger partial charge in [-0.3, -0.25) is 0 Å². The van der Waals surface area contributed by atoms with Crippen LogP contribution < -0.4 is 11.6 Å². The minimum absolute atomic E-state index is 0.363. The maximum atomic E-state index is 5.51. The highest BCUT2D eigenvalue weighted by Gasteiger charge is 2.13. The Morgan fingerprint density at radius 3 is 2.09 bits per heavy atom. The number of nitrogens with zero attached hydrogens (tertiary/aromatic N) is 2. The number of guanidine groups is 1. The van der Waals surface area contributed by atoms with E-state index < -0.39 is 0 Å². The Bertz CT molecular complexity index is 141. The van der Waals surface area contributed by atoms with Gasteiger partial charge in [0.15, 0.2) is 0 Å². The molecule has 0 saturated heterocycles. The SMILES string of the molecule is CC(C)C(C)N(C)/C(N)=N/N. The fourth-order valence-electron chi connectivity index (χ4n) is 0.747. The molecular weight excluding hydrogens is 140 g/mol. The standard InChI is InChI=1S/C7H18N4/c1-5(2)6(3)11(4)7(8)10-9/h5-6H,9H2,1-4H3,(H2,8,10). The van der Waals surface area contributed by atoms with E-state index in [0.29, 0.717) is 17.9 Å². The van der Waals surface area contributed by atoms with E-state index in [9.17, 15) is 0 Å². The fraction of sp³-hybridized carbons (Fsp3) is 0.857. The molecule has 1 atom stereocenters. The molecule has 4 heteroatoms. The molecule has 0 aromatic carbocycles. The highest BCUT2D eigenvalue weighted by atomic mass is 15.3. The summed E-state index contributed by atoms with van der Waals surface area (Å²) in [6.07, 6.45) is 0. The molecular formula is C7H18N4. The molecule has 0 rings (SSSR count). The lowest BCUT2D eigenvalue weighted by Gasteiger charge is -2.28. The van der Waals surface area contributed by atoms with Crippen molar-refractivity contribution in [3.8, 4) is 0 Å². The van der Waals surface area contributed by atoms with Crippen LogP contribution in [0.4, 0.5) is 0 Å². The van der Waals surface area contributed by atoms with Crippen molar-refractivity contribution in [2.45, 2.75) is 26.8 Å². The van der Waals surface area contributed by atoms with Gasteiger partial charge in [-0.2, -0.15) is 0 Å². The molecule has 11 heavy (non-hydrogen) atoms. The third-order valence-corrected chi connectivity index (χ3v) is 2.07. The van der Waals surface area contributed by atoms with Gasteiger partial charge in [0, 0.05) is 13.1 Å². The van der Waals surface area contributed by atoms with Crippen LogP contribution in [0.25, 0.3) is 0 Å². The molecule has 0 aromatic heterocycles. The summed E-state index contributed by atoms with van der Waals surface area (Å²) in [6, 6.07) is 0.363. The van der Waals surface area contributed by atoms with Gasteiger partial charge >= 0.3 is 0 Å². The van der Waals surface area contributed by atoms with Gasteiger partial charge < -0.3 is 16.5 Å². The Labute approximate surface area is 68.2 Å². The second-order valence-corrected chi connectivity index (χ2v) is 3.08. The lowest BCUT2D eigenvalue weighted by molar-refractivity contribution is 0.306. The Balaban J connectivity index is 4.13. The number of nitrogens with two attached hydrogens (primary N) is 2. The minimum Gasteiger partial charge on any atom is -0.368 e. The van der Waals surface area contributed by atoms with Crippen molar-refractivity contribution in [1.82, 2.24) is 4.90 Å². The average molecular weight is 158 g/mol. The summed E-state index contributed by atoms with van der Waals surface area (Å²) in [5.74, 6) is 5.95. The topological polar surface area (TPSA) is 67.6 Å². The van der Waals surface area contributed by atoms with E-state index in [1.807, 2.05) is 11.9 Å². The summed E-state index contributed by atoms with van der Waals surface area (Å²) in [7, 11) is 1.89. The zero-order valence-electron chi connectivity index (χ0n) is 7.70. The first-order chi connectivity index (χ1) is 5.00. The molecule has 0 heterocycles. The van der Waals surface area contributed by atoms with Crippen LogP contribution >= 0.6 is 0 Å². The summed E-state index contributed by atoms with van der Waals surface area (Å²) in [4.78, 5) is 1.87. The smallest absolute Gasteiger partial charge is 0.213 e. The number of hydrazone groups is 1. The van der Waals surface area contributed by atoms with Crippen LogP contribution in [0.3, 0.4) is 0 Å². The largest absolute Gasteiger partial charge is 0.368 e. The van der Waals surface area contributed by atoms with Gasteiger partial charge in [0.05, 0.1) is 0 Å². The number of hydrogen-bond acceptors (Lipinski definition) is 2. The van der Waals surface area contributed by atoms with Gasteiger partial charge in [-0.05, 0) is 12.8 Å². The molecule has 0 saturated carbocycles. The van der Waals surface area contributed by atoms with Crippen molar-refractivity contribution in [3.05, 3.63) is 0 Å². The summed E-state index contributed by atoms with van der Waals surface area (Å²) >= 11 is 0. The third kappa shape index (κ3) is 2.65. The van der Waals surface area contributed by atoms with E-state index in [0.717, 1.165) is 0 Å². The quantitative estimate of drug-likeness (QED) is 0.260. The van der Waals surface area contributed by atoms with Gasteiger partial charge in [0.1, 0.15) is 0 Å². The zero-order valence-corrected chi connectivity index (χ0v) is 7.70. The van der Waals surface area contributed by atoms with E-state index in [1.54, 1.807) is 0 Å². The Morgan fingerprint density at radius 2 is 1.82 bits per heavy atom. The first-order valence-corrected chi connectivity index (χ1v) is 3.76. The number of rotatable bonds is 2. The van der Waals surface area contributed by atoms with E-state index in [4.69, 9.17) is 11.6 Å². The summed E-state index contributed by atoms with van der Waals surface area (Å²) in [5.41, 5.74) is 5.51. The van der Waals surface area contributed by atoms with Crippen molar-refractivity contribution in [3.63, 3.8) is 0 Å². The maximum Gasteiger partial charge on any atom is 0.213 e. The van der Waals surface area contributed by atoms with Crippen LogP contribution in [0.1, 0.15) is 20.8 Å². The third-order valence-electron chi connectivity index (χ3n) is 2.07. The second kappa shape index (κ2) is 4.05. The van der Waals surface area contributed by atoms with Crippen molar-refractivity contribution in [2.75, 3.05) is 7.05 Å². The molecule has 0 aliphatic carbocycles. The summed E-state index contributed by atoms with van der Waals surface area (Å²) < 4.78 is 0. The normalized spacial score (nSPS) is 15.2. The van der Waals surface area contributed by atoms with Crippen LogP contribution in [0.5, 0.6) is 0 Å². The zero-order chi connectivity index (χ0) is 9.02. The Hall–Kier alpha value is -0.930. The van der Waals surface area contributed by atoms with E-state index >= 15 is 0 Å². The first kappa shape index (κ1) is 10.1. The first-order valence-electron chi connectivity index (χ1n) is 3.76. The van der Waals surface area contributed by atoms with Crippen LogP contribution in [-0.2, 0) is 0 Å². The predicted molar refractivity (Wildman–Crippen MR) is 47.9 cm³/mol. The Morgan fingerprint density at radius 1 is 1.36 bits per heavy atom. The molecule has 4 nitrogen and oxygen atoms in total. The van der Waals surface area contributed by atoms with Crippen molar-refractivity contribution in [2.24, 2.45) is 22.6 Å². The molecule has 0 aliphatic heterocycles. The molecule has 0 radical (unpaired) electrons. The van der Waals surface area contributed by atoms with Crippen molar-refractivity contribution >= 4 is 5.96 Å². The monoisotopic (exact) mass is 158 g/mol. The highest BCUT2D eigenvalue weighted by molar-refractivity contribution is 5.77. The molecule has 66 valence electrons. The van der Waals surface area contributed by atoms with E-state index in [2.05, 4.69) is 25.9 Å². The fourth-order valence-corrected chi connectivity index (χ4v) is 0.747. The average Bonchev–Trinajstić information content (AvgIpc) is 2.00.